The van der Waals surface area contributed by atoms with Gasteiger partial charge in [-0.2, -0.15) is 4.31 Å². The molecule has 2 aromatic rings. The van der Waals surface area contributed by atoms with Gasteiger partial charge in [-0.25, -0.2) is 22.8 Å². The molecule has 244 valence electrons. The van der Waals surface area contributed by atoms with E-state index in [2.05, 4.69) is 0 Å². The van der Waals surface area contributed by atoms with Crippen LogP contribution in [-0.4, -0.2) is 48.7 Å². The van der Waals surface area contributed by atoms with Gasteiger partial charge in [-0.05, 0) is 90.1 Å². The first kappa shape index (κ1) is 36.6. The third-order valence-corrected chi connectivity index (χ3v) is 7.85. The lowest BCUT2D eigenvalue weighted by Gasteiger charge is -2.33. The van der Waals surface area contributed by atoms with Gasteiger partial charge in [0.1, 0.15) is 17.0 Å². The normalized spacial score (nSPS) is 13.1. The van der Waals surface area contributed by atoms with Crippen LogP contribution in [0.15, 0.2) is 47.4 Å². The third-order valence-electron chi connectivity index (χ3n) is 6.10. The fraction of sp³-hybridized carbons (Fsp3) is 0.545. The van der Waals surface area contributed by atoms with Gasteiger partial charge in [0.05, 0.1) is 11.5 Å². The summed E-state index contributed by atoms with van der Waals surface area (Å²) in [5.74, 6) is -1.22. The molecule has 0 bridgehead atoms. The van der Waals surface area contributed by atoms with Crippen LogP contribution < -0.4 is 4.74 Å². The first-order valence-electron chi connectivity index (χ1n) is 14.6. The first-order valence-corrected chi connectivity index (χ1v) is 16.1. The maximum Gasteiger partial charge on any atom is 0.514 e. The number of hydrogen-bond acceptors (Lipinski definition) is 9. The van der Waals surface area contributed by atoms with Gasteiger partial charge in [0.15, 0.2) is 6.04 Å². The van der Waals surface area contributed by atoms with Crippen molar-refractivity contribution >= 4 is 28.2 Å². The molecule has 0 saturated heterocycles. The van der Waals surface area contributed by atoms with E-state index < -0.39 is 50.9 Å². The van der Waals surface area contributed by atoms with Crippen molar-refractivity contribution in [2.75, 3.05) is 6.61 Å². The van der Waals surface area contributed by atoms with Crippen LogP contribution in [0.2, 0.25) is 0 Å². The molecule has 1 atom stereocenters. The van der Waals surface area contributed by atoms with Crippen LogP contribution in [0.3, 0.4) is 0 Å². The second kappa shape index (κ2) is 14.0. The average Bonchev–Trinajstić information content (AvgIpc) is 2.84. The number of unbranched alkanes of at least 4 members (excludes halogenated alkanes) is 1. The molecule has 2 aromatic carbocycles. The number of carbonyl (C=O) groups excluding carboxylic acids is 3. The molecular formula is C33H47NO9S. The molecule has 1 unspecified atom stereocenters. The maximum atomic E-state index is 14.3. The number of benzene rings is 2. The molecule has 0 N–H and O–H groups in total. The number of ether oxygens (including phenoxy) is 4. The molecule has 0 aliphatic carbocycles. The summed E-state index contributed by atoms with van der Waals surface area (Å²) in [6.07, 6.45) is -1.19. The smallest absolute Gasteiger partial charge is 0.464 e. The summed E-state index contributed by atoms with van der Waals surface area (Å²) >= 11 is 0. The number of rotatable bonds is 9. The Labute approximate surface area is 262 Å². The van der Waals surface area contributed by atoms with Crippen molar-refractivity contribution in [2.45, 2.75) is 117 Å². The van der Waals surface area contributed by atoms with E-state index in [-0.39, 0.29) is 22.8 Å². The van der Waals surface area contributed by atoms with E-state index in [1.54, 1.807) is 66.7 Å². The zero-order valence-corrected chi connectivity index (χ0v) is 28.6. The SMILES string of the molecule is CCCCOC(=O)C(c1cc(C(C)(C)C)ccc1OC(=O)OC(C)(C)C)N(C(=O)OC(C)(C)C)S(=O)(=O)c1ccc(C)cc1. The van der Waals surface area contributed by atoms with E-state index in [9.17, 15) is 22.8 Å². The lowest BCUT2D eigenvalue weighted by atomic mass is 9.85. The van der Waals surface area contributed by atoms with Crippen LogP contribution in [0.5, 0.6) is 5.75 Å². The summed E-state index contributed by atoms with van der Waals surface area (Å²) < 4.78 is 51.0. The summed E-state index contributed by atoms with van der Waals surface area (Å²) in [6, 6.07) is 8.57. The Hall–Kier alpha value is -3.60. The molecule has 0 saturated carbocycles. The van der Waals surface area contributed by atoms with E-state index in [0.29, 0.717) is 22.7 Å². The molecule has 0 radical (unpaired) electrons. The number of hydrogen-bond donors (Lipinski definition) is 0. The lowest BCUT2D eigenvalue weighted by Crippen LogP contribution is -2.46. The molecule has 10 nitrogen and oxygen atoms in total. The van der Waals surface area contributed by atoms with Crippen LogP contribution in [0.4, 0.5) is 9.59 Å². The van der Waals surface area contributed by atoms with E-state index in [0.717, 1.165) is 5.56 Å². The zero-order valence-electron chi connectivity index (χ0n) is 27.8. The van der Waals surface area contributed by atoms with Crippen LogP contribution in [0.25, 0.3) is 0 Å². The standard InChI is InChI=1S/C33H47NO9S/c1-12-13-20-40-28(35)27(25-21-23(31(3,4)5)16-19-26(25)41-30(37)43-33(9,10)11)34(29(36)42-32(6,7)8)44(38,39)24-17-14-22(2)15-18-24/h14-19,21,27H,12-13,20H2,1-11H3. The monoisotopic (exact) mass is 633 g/mol. The molecule has 1 amide bonds. The van der Waals surface area contributed by atoms with Crippen molar-refractivity contribution in [1.29, 1.82) is 0 Å². The van der Waals surface area contributed by atoms with E-state index >= 15 is 0 Å². The Bertz CT molecular complexity index is 1430. The van der Waals surface area contributed by atoms with Gasteiger partial charge in [-0.15, -0.1) is 0 Å². The fourth-order valence-corrected chi connectivity index (χ4v) is 5.32. The van der Waals surface area contributed by atoms with Crippen LogP contribution >= 0.6 is 0 Å². The Morgan fingerprint density at radius 3 is 1.91 bits per heavy atom. The van der Waals surface area contributed by atoms with Crippen LogP contribution in [0, 0.1) is 6.92 Å². The number of sulfonamides is 1. The zero-order chi connectivity index (χ0) is 33.7. The van der Waals surface area contributed by atoms with Gasteiger partial charge in [0.2, 0.25) is 0 Å². The minimum absolute atomic E-state index is 0.0280. The highest BCUT2D eigenvalue weighted by atomic mass is 32.2. The minimum atomic E-state index is -4.75. The van der Waals surface area contributed by atoms with Crippen molar-refractivity contribution in [3.8, 4) is 5.75 Å². The molecule has 0 aliphatic heterocycles. The Morgan fingerprint density at radius 2 is 1.41 bits per heavy atom. The molecule has 44 heavy (non-hydrogen) atoms. The Balaban J connectivity index is 2.97. The summed E-state index contributed by atoms with van der Waals surface area (Å²) in [7, 11) is -4.75. The number of nitrogens with zero attached hydrogens (tertiary/aromatic N) is 1. The van der Waals surface area contributed by atoms with Gasteiger partial charge < -0.3 is 18.9 Å². The number of carbonyl (C=O) groups is 3. The molecule has 11 heteroatoms. The number of amides is 1. The predicted molar refractivity (Wildman–Crippen MR) is 167 cm³/mol. The van der Waals surface area contributed by atoms with E-state index in [1.165, 1.54) is 24.3 Å². The second-order valence-electron chi connectivity index (χ2n) is 13.6. The summed E-state index contributed by atoms with van der Waals surface area (Å²) in [5, 5.41) is 0. The van der Waals surface area contributed by atoms with E-state index in [4.69, 9.17) is 18.9 Å². The first-order chi connectivity index (χ1) is 20.1. The summed E-state index contributed by atoms with van der Waals surface area (Å²) in [5.41, 5.74) is -1.15. The highest BCUT2D eigenvalue weighted by Gasteiger charge is 2.46. The quantitative estimate of drug-likeness (QED) is 0.119. The summed E-state index contributed by atoms with van der Waals surface area (Å²) in [6.45, 7) is 19.1. The highest BCUT2D eigenvalue weighted by Crippen LogP contribution is 2.39. The lowest BCUT2D eigenvalue weighted by molar-refractivity contribution is -0.148. The van der Waals surface area contributed by atoms with Crippen molar-refractivity contribution < 1.29 is 41.7 Å². The largest absolute Gasteiger partial charge is 0.514 e. The van der Waals surface area contributed by atoms with E-state index in [1.807, 2.05) is 27.7 Å². The molecule has 0 aromatic heterocycles. The molecular weight excluding hydrogens is 586 g/mol. The third kappa shape index (κ3) is 10.2. The van der Waals surface area contributed by atoms with Crippen molar-refractivity contribution in [2.24, 2.45) is 0 Å². The predicted octanol–water partition coefficient (Wildman–Crippen LogP) is 7.62. The highest BCUT2D eigenvalue weighted by molar-refractivity contribution is 7.89. The molecule has 0 spiro atoms. The molecule has 0 heterocycles. The topological polar surface area (TPSA) is 126 Å². The van der Waals surface area contributed by atoms with Gasteiger partial charge in [0.25, 0.3) is 10.0 Å². The van der Waals surface area contributed by atoms with Gasteiger partial charge >= 0.3 is 18.2 Å². The minimum Gasteiger partial charge on any atom is -0.464 e. The van der Waals surface area contributed by atoms with Crippen molar-refractivity contribution in [3.63, 3.8) is 0 Å². The Kier molecular flexibility index (Phi) is 11.6. The molecule has 2 rings (SSSR count). The van der Waals surface area contributed by atoms with Gasteiger partial charge in [-0.3, -0.25) is 0 Å². The number of esters is 1. The molecule has 0 aliphatic rings. The van der Waals surface area contributed by atoms with Gasteiger partial charge in [-0.1, -0.05) is 57.9 Å². The van der Waals surface area contributed by atoms with Crippen molar-refractivity contribution in [3.05, 3.63) is 59.2 Å². The van der Waals surface area contributed by atoms with Crippen LogP contribution in [-0.2, 0) is 34.4 Å². The van der Waals surface area contributed by atoms with Crippen molar-refractivity contribution in [1.82, 2.24) is 4.31 Å². The van der Waals surface area contributed by atoms with Crippen LogP contribution in [0.1, 0.15) is 105 Å². The summed E-state index contributed by atoms with van der Waals surface area (Å²) in [4.78, 5) is 40.4. The average molecular weight is 634 g/mol. The van der Waals surface area contributed by atoms with Gasteiger partial charge in [0, 0.05) is 5.56 Å². The second-order valence-corrected chi connectivity index (χ2v) is 15.4. The molecule has 0 fully saturated rings. The number of aryl methyl sites for hydroxylation is 1. The Morgan fingerprint density at radius 1 is 0.841 bits per heavy atom. The maximum absolute atomic E-state index is 14.3. The fourth-order valence-electron chi connectivity index (χ4n) is 3.90.